The van der Waals surface area contributed by atoms with Gasteiger partial charge in [0.2, 0.25) is 0 Å². The number of imidazole rings is 1. The summed E-state index contributed by atoms with van der Waals surface area (Å²) in [4.78, 5) is 6.81. The number of hydrogen-bond donors (Lipinski definition) is 3. The zero-order valence-corrected chi connectivity index (χ0v) is 18.1. The molecule has 9 heteroatoms. The van der Waals surface area contributed by atoms with E-state index in [1.54, 1.807) is 4.52 Å². The molecule has 4 aromatic rings. The first kappa shape index (κ1) is 19.3. The van der Waals surface area contributed by atoms with Crippen LogP contribution < -0.4 is 15.5 Å². The van der Waals surface area contributed by atoms with Gasteiger partial charge in [-0.05, 0) is 51.5 Å². The fraction of sp³-hybridized carbons (Fsp3) is 0.364. The van der Waals surface area contributed by atoms with Crippen LogP contribution in [0.5, 0.6) is 0 Å². The SMILES string of the molecule is Cc1cn2nc(Nc3n[nH]c4cc(N5C[C@H](C)N[C@@H](C)C5)cc(C#N)c34)cc(C)c2n1. The Bertz CT molecular complexity index is 1320. The number of hydrogen-bond acceptors (Lipinski definition) is 7. The highest BCUT2D eigenvalue weighted by Crippen LogP contribution is 2.32. The molecule has 0 spiro atoms. The normalized spacial score (nSPS) is 19.1. The molecule has 1 aromatic carbocycles. The van der Waals surface area contributed by atoms with E-state index < -0.39 is 0 Å². The molecule has 2 atom stereocenters. The van der Waals surface area contributed by atoms with Gasteiger partial charge >= 0.3 is 0 Å². The summed E-state index contributed by atoms with van der Waals surface area (Å²) in [5.41, 5.74) is 5.19. The van der Waals surface area contributed by atoms with Crippen LogP contribution >= 0.6 is 0 Å². The van der Waals surface area contributed by atoms with Gasteiger partial charge in [-0.3, -0.25) is 5.10 Å². The second-order valence-corrected chi connectivity index (χ2v) is 8.46. The van der Waals surface area contributed by atoms with Crippen LogP contribution in [0.1, 0.15) is 30.7 Å². The van der Waals surface area contributed by atoms with Gasteiger partial charge in [0.1, 0.15) is 6.07 Å². The van der Waals surface area contributed by atoms with Gasteiger partial charge in [-0.1, -0.05) is 0 Å². The van der Waals surface area contributed by atoms with E-state index in [4.69, 9.17) is 0 Å². The molecule has 0 radical (unpaired) electrons. The Morgan fingerprint density at radius 1 is 1.16 bits per heavy atom. The Kier molecular flexibility index (Phi) is 4.52. The lowest BCUT2D eigenvalue weighted by Gasteiger charge is -2.37. The highest BCUT2D eigenvalue weighted by atomic mass is 15.3. The van der Waals surface area contributed by atoms with E-state index in [0.717, 1.165) is 46.6 Å². The number of nitriles is 1. The number of piperazine rings is 1. The maximum atomic E-state index is 9.88. The van der Waals surface area contributed by atoms with E-state index in [1.165, 1.54) is 0 Å². The third-order valence-electron chi connectivity index (χ3n) is 5.67. The van der Waals surface area contributed by atoms with Crippen molar-refractivity contribution in [2.45, 2.75) is 39.8 Å². The first-order valence-corrected chi connectivity index (χ1v) is 10.4. The molecule has 0 unspecified atom stereocenters. The lowest BCUT2D eigenvalue weighted by molar-refractivity contribution is 0.407. The molecule has 1 saturated heterocycles. The van der Waals surface area contributed by atoms with Crippen LogP contribution in [0.3, 0.4) is 0 Å². The van der Waals surface area contributed by atoms with Gasteiger partial charge in [0.05, 0.1) is 28.4 Å². The predicted octanol–water partition coefficient (Wildman–Crippen LogP) is 3.02. The van der Waals surface area contributed by atoms with Crippen molar-refractivity contribution in [3.8, 4) is 6.07 Å². The van der Waals surface area contributed by atoms with Gasteiger partial charge in [-0.15, -0.1) is 5.10 Å². The summed E-state index contributed by atoms with van der Waals surface area (Å²) in [6.45, 7) is 10.1. The summed E-state index contributed by atoms with van der Waals surface area (Å²) in [6.07, 6.45) is 1.89. The third-order valence-corrected chi connectivity index (χ3v) is 5.67. The van der Waals surface area contributed by atoms with Crippen LogP contribution in [0, 0.1) is 25.2 Å². The first-order valence-electron chi connectivity index (χ1n) is 10.4. The van der Waals surface area contributed by atoms with Gasteiger partial charge in [0.15, 0.2) is 17.3 Å². The number of H-pyrrole nitrogens is 1. The number of benzene rings is 1. The van der Waals surface area contributed by atoms with Crippen molar-refractivity contribution >= 4 is 33.9 Å². The monoisotopic (exact) mass is 415 g/mol. The van der Waals surface area contributed by atoms with Gasteiger partial charge in [0, 0.05) is 30.9 Å². The van der Waals surface area contributed by atoms with Gasteiger partial charge in [-0.2, -0.15) is 10.4 Å². The summed E-state index contributed by atoms with van der Waals surface area (Å²) in [5, 5.41) is 29.6. The van der Waals surface area contributed by atoms with Crippen molar-refractivity contribution in [2.24, 2.45) is 0 Å². The molecule has 1 aliphatic heterocycles. The highest BCUT2D eigenvalue weighted by Gasteiger charge is 2.23. The third kappa shape index (κ3) is 3.45. The fourth-order valence-electron chi connectivity index (χ4n) is 4.47. The zero-order valence-electron chi connectivity index (χ0n) is 18.1. The minimum atomic E-state index is 0.389. The van der Waals surface area contributed by atoms with E-state index in [0.29, 0.717) is 29.3 Å². The Labute approximate surface area is 180 Å². The quantitative estimate of drug-likeness (QED) is 0.472. The zero-order chi connectivity index (χ0) is 21.7. The molecule has 1 aliphatic rings. The molecule has 0 bridgehead atoms. The predicted molar refractivity (Wildman–Crippen MR) is 121 cm³/mol. The average Bonchev–Trinajstić information content (AvgIpc) is 3.30. The largest absolute Gasteiger partial charge is 0.368 e. The van der Waals surface area contributed by atoms with E-state index in [9.17, 15) is 5.26 Å². The lowest BCUT2D eigenvalue weighted by atomic mass is 10.1. The first-order chi connectivity index (χ1) is 14.9. The molecule has 0 saturated carbocycles. The van der Waals surface area contributed by atoms with Crippen LogP contribution in [0.15, 0.2) is 24.4 Å². The molecule has 31 heavy (non-hydrogen) atoms. The fourth-order valence-corrected chi connectivity index (χ4v) is 4.47. The summed E-state index contributed by atoms with van der Waals surface area (Å²) in [5.74, 6) is 1.23. The van der Waals surface area contributed by atoms with E-state index in [-0.39, 0.29) is 0 Å². The molecule has 4 heterocycles. The average molecular weight is 416 g/mol. The molecule has 0 aliphatic carbocycles. The molecular formula is C22H25N9. The highest BCUT2D eigenvalue weighted by molar-refractivity contribution is 5.98. The Morgan fingerprint density at radius 3 is 2.68 bits per heavy atom. The van der Waals surface area contributed by atoms with Crippen molar-refractivity contribution in [1.82, 2.24) is 30.1 Å². The summed E-state index contributed by atoms with van der Waals surface area (Å²) in [6, 6.07) is 9.09. The second-order valence-electron chi connectivity index (χ2n) is 8.46. The molecule has 3 N–H and O–H groups in total. The van der Waals surface area contributed by atoms with E-state index >= 15 is 0 Å². The smallest absolute Gasteiger partial charge is 0.162 e. The number of rotatable bonds is 3. The van der Waals surface area contributed by atoms with Crippen LogP contribution in [0.2, 0.25) is 0 Å². The number of fused-ring (bicyclic) bond motifs is 2. The Hall–Kier alpha value is -3.64. The Morgan fingerprint density at radius 2 is 1.94 bits per heavy atom. The summed E-state index contributed by atoms with van der Waals surface area (Å²) >= 11 is 0. The van der Waals surface area contributed by atoms with Crippen molar-refractivity contribution in [1.29, 1.82) is 5.26 Å². The topological polar surface area (TPSA) is 110 Å². The molecule has 5 rings (SSSR count). The molecule has 9 nitrogen and oxygen atoms in total. The Balaban J connectivity index is 1.53. The summed E-state index contributed by atoms with van der Waals surface area (Å²) in [7, 11) is 0. The maximum Gasteiger partial charge on any atom is 0.162 e. The maximum absolute atomic E-state index is 9.88. The van der Waals surface area contributed by atoms with Gasteiger partial charge in [0.25, 0.3) is 0 Å². The molecule has 0 amide bonds. The van der Waals surface area contributed by atoms with Crippen molar-refractivity contribution in [3.63, 3.8) is 0 Å². The molecule has 158 valence electrons. The van der Waals surface area contributed by atoms with Crippen molar-refractivity contribution in [2.75, 3.05) is 23.3 Å². The number of nitrogens with one attached hydrogen (secondary N) is 3. The van der Waals surface area contributed by atoms with Crippen molar-refractivity contribution < 1.29 is 0 Å². The lowest BCUT2D eigenvalue weighted by Crippen LogP contribution is -2.54. The number of anilines is 3. The number of aryl methyl sites for hydroxylation is 2. The van der Waals surface area contributed by atoms with Gasteiger partial charge in [-0.25, -0.2) is 9.50 Å². The molecular weight excluding hydrogens is 390 g/mol. The minimum absolute atomic E-state index is 0.389. The number of nitrogens with zero attached hydrogens (tertiary/aromatic N) is 6. The van der Waals surface area contributed by atoms with Crippen LogP contribution in [0.4, 0.5) is 17.3 Å². The minimum Gasteiger partial charge on any atom is -0.368 e. The van der Waals surface area contributed by atoms with E-state index in [2.05, 4.69) is 61.8 Å². The van der Waals surface area contributed by atoms with Crippen LogP contribution in [-0.2, 0) is 0 Å². The van der Waals surface area contributed by atoms with E-state index in [1.807, 2.05) is 32.2 Å². The summed E-state index contributed by atoms with van der Waals surface area (Å²) < 4.78 is 1.76. The number of aromatic amines is 1. The van der Waals surface area contributed by atoms with Crippen molar-refractivity contribution in [3.05, 3.63) is 41.2 Å². The standard InChI is InChI=1S/C22H25N9/c1-12-5-19(29-31-11-15(4)25-22(12)31)26-21-20-16(8-23)6-17(7-18(20)27-28-21)30-9-13(2)24-14(3)10-30/h5-7,11,13-14,24H,9-10H2,1-4H3,(H2,26,27,28,29)/t13-,14-/m0/s1. The van der Waals surface area contributed by atoms with Crippen LogP contribution in [0.25, 0.3) is 16.6 Å². The number of aromatic nitrogens is 5. The molecule has 1 fully saturated rings. The molecule has 3 aromatic heterocycles. The van der Waals surface area contributed by atoms with Gasteiger partial charge < -0.3 is 15.5 Å². The van der Waals surface area contributed by atoms with Crippen LogP contribution in [-0.4, -0.2) is 50.0 Å². The second kappa shape index (κ2) is 7.25.